The van der Waals surface area contributed by atoms with Gasteiger partial charge in [0.1, 0.15) is 24.0 Å². The average Bonchev–Trinajstić information content (AvgIpc) is 3.57. The van der Waals surface area contributed by atoms with Gasteiger partial charge >= 0.3 is 0 Å². The zero-order chi connectivity index (χ0) is 42.2. The second kappa shape index (κ2) is 19.8. The smallest absolute Gasteiger partial charge is 0.255 e. The van der Waals surface area contributed by atoms with E-state index < -0.39 is 13.2 Å². The van der Waals surface area contributed by atoms with Crippen LogP contribution in [0, 0.1) is 0 Å². The lowest BCUT2D eigenvalue weighted by molar-refractivity contribution is -0.136. The predicted molar refractivity (Wildman–Crippen MR) is 242 cm³/mol. The van der Waals surface area contributed by atoms with Crippen molar-refractivity contribution in [3.8, 4) is 5.75 Å². The van der Waals surface area contributed by atoms with E-state index in [2.05, 4.69) is 48.3 Å². The van der Waals surface area contributed by atoms with Gasteiger partial charge in [-0.2, -0.15) is 4.98 Å². The van der Waals surface area contributed by atoms with Crippen LogP contribution in [0.15, 0.2) is 71.8 Å². The molecular weight excluding hydrogens is 819 g/mol. The van der Waals surface area contributed by atoms with E-state index in [1.807, 2.05) is 48.5 Å². The van der Waals surface area contributed by atoms with E-state index >= 15 is 0 Å². The number of aromatic nitrogens is 2. The molecule has 60 heavy (non-hydrogen) atoms. The van der Waals surface area contributed by atoms with Crippen LogP contribution in [0.5, 0.6) is 5.75 Å². The molecule has 3 aliphatic rings. The first-order valence-electron chi connectivity index (χ1n) is 20.8. The molecule has 4 aromatic rings. The van der Waals surface area contributed by atoms with Gasteiger partial charge in [-0.15, -0.1) is 11.8 Å². The minimum atomic E-state index is -2.54. The van der Waals surface area contributed by atoms with Gasteiger partial charge in [-0.3, -0.25) is 19.7 Å². The van der Waals surface area contributed by atoms with Crippen LogP contribution in [-0.4, -0.2) is 90.5 Å². The molecule has 0 aliphatic carbocycles. The highest BCUT2D eigenvalue weighted by Crippen LogP contribution is 2.39. The van der Waals surface area contributed by atoms with E-state index in [-0.39, 0.29) is 24.1 Å². The highest BCUT2D eigenvalue weighted by atomic mass is 35.5. The van der Waals surface area contributed by atoms with Crippen molar-refractivity contribution in [1.29, 1.82) is 0 Å². The molecule has 1 unspecified atom stereocenters. The number of imide groups is 1. The second-order valence-corrected chi connectivity index (χ2v) is 20.6. The number of rotatable bonds is 18. The molecule has 4 N–H and O–H groups in total. The fourth-order valence-corrected chi connectivity index (χ4v) is 10.5. The van der Waals surface area contributed by atoms with E-state index in [4.69, 9.17) is 16.3 Å². The van der Waals surface area contributed by atoms with E-state index in [0.29, 0.717) is 52.8 Å². The molecule has 2 saturated heterocycles. The number of piperidine rings is 2. The highest BCUT2D eigenvalue weighted by Gasteiger charge is 2.39. The minimum Gasteiger partial charge on any atom is -0.494 e. The fourth-order valence-electron chi connectivity index (χ4n) is 8.07. The number of unbranched alkanes of at least 4 members (excludes halogenated alkanes) is 4. The van der Waals surface area contributed by atoms with Crippen LogP contribution < -0.4 is 36.2 Å². The van der Waals surface area contributed by atoms with Crippen molar-refractivity contribution in [3.63, 3.8) is 0 Å². The number of nitrogens with one attached hydrogen (secondary N) is 4. The summed E-state index contributed by atoms with van der Waals surface area (Å²) in [5, 5.41) is 13.8. The normalized spacial score (nSPS) is 17.1. The third kappa shape index (κ3) is 10.6. The molecule has 2 fully saturated rings. The number of benzene rings is 3. The summed E-state index contributed by atoms with van der Waals surface area (Å²) in [6.45, 7) is 6.82. The van der Waals surface area contributed by atoms with Crippen LogP contribution in [0.4, 0.5) is 28.8 Å². The molecule has 0 radical (unpaired) electrons. The Balaban J connectivity index is 0.797. The Morgan fingerprint density at radius 2 is 1.72 bits per heavy atom. The summed E-state index contributed by atoms with van der Waals surface area (Å²) < 4.78 is 18.7. The SMILES string of the molecule is COc1cc(N2CCC(NCCCCCCCSc3cccc4c3CN(C3CCC(=O)NC3=O)C4=O)CC2)ccc1Nc1ncc(Cl)c(Nc2ccccc2P(C)(C)=O)n1. The molecule has 1 atom stereocenters. The van der Waals surface area contributed by atoms with Gasteiger partial charge in [0.15, 0.2) is 5.82 Å². The molecule has 318 valence electrons. The number of nitrogens with zero attached hydrogens (tertiary/aromatic N) is 4. The first-order valence-corrected chi connectivity index (χ1v) is 24.7. The second-order valence-electron chi connectivity index (χ2n) is 15.9. The first-order chi connectivity index (χ1) is 29.0. The number of halogens is 1. The maximum atomic E-state index is 13.1. The fraction of sp³-hybridized carbons (Fsp3) is 0.432. The summed E-state index contributed by atoms with van der Waals surface area (Å²) >= 11 is 8.26. The van der Waals surface area contributed by atoms with Crippen molar-refractivity contribution < 1.29 is 23.7 Å². The van der Waals surface area contributed by atoms with Crippen LogP contribution in [0.25, 0.3) is 0 Å². The molecule has 7 rings (SSSR count). The summed E-state index contributed by atoms with van der Waals surface area (Å²) in [6.07, 6.45) is 10.1. The van der Waals surface area contributed by atoms with Gasteiger partial charge in [0.2, 0.25) is 17.8 Å². The van der Waals surface area contributed by atoms with Gasteiger partial charge in [-0.1, -0.05) is 49.1 Å². The van der Waals surface area contributed by atoms with Crippen molar-refractivity contribution in [2.24, 2.45) is 0 Å². The molecule has 4 heterocycles. The Bertz CT molecular complexity index is 2250. The number of anilines is 5. The van der Waals surface area contributed by atoms with Crippen molar-refractivity contribution in [2.75, 3.05) is 61.4 Å². The van der Waals surface area contributed by atoms with E-state index in [0.717, 1.165) is 78.2 Å². The lowest BCUT2D eigenvalue weighted by atomic mass is 10.0. The average molecular weight is 873 g/mol. The molecule has 3 aromatic carbocycles. The number of para-hydroxylation sites is 1. The monoisotopic (exact) mass is 872 g/mol. The standard InChI is InChI=1S/C44H54ClN8O5PS/c1-58-37-26-30(16-17-34(37)49-44-47-27-33(45)41(51-44)48-35-13-7-8-14-38(35)59(2,3)57)52-23-20-29(21-24-52)46-22-9-5-4-6-10-25-60-39-15-11-12-31-32(39)28-53(43(31)56)36-18-19-40(54)50-42(36)55/h7-8,11-17,26-27,29,36,46H,4-6,9-10,18-25,28H2,1-3H3,(H,50,54,55)(H2,47,48,49,51). The lowest BCUT2D eigenvalue weighted by Gasteiger charge is -2.34. The molecular formula is C44H54ClN8O5PS. The quantitative estimate of drug-likeness (QED) is 0.0332. The van der Waals surface area contributed by atoms with Crippen molar-refractivity contribution >= 4 is 82.4 Å². The minimum absolute atomic E-state index is 0.122. The van der Waals surface area contributed by atoms with Crippen LogP contribution in [0.2, 0.25) is 5.02 Å². The number of fused-ring (bicyclic) bond motifs is 1. The van der Waals surface area contributed by atoms with E-state index in [1.54, 1.807) is 37.1 Å². The number of methoxy groups -OCH3 is 1. The summed E-state index contributed by atoms with van der Waals surface area (Å²) in [5.74, 6) is 1.65. The maximum Gasteiger partial charge on any atom is 0.255 e. The summed E-state index contributed by atoms with van der Waals surface area (Å²) in [4.78, 5) is 51.3. The van der Waals surface area contributed by atoms with Gasteiger partial charge in [0, 0.05) is 59.6 Å². The third-order valence-electron chi connectivity index (χ3n) is 11.3. The predicted octanol–water partition coefficient (Wildman–Crippen LogP) is 7.94. The largest absolute Gasteiger partial charge is 0.494 e. The number of amides is 3. The van der Waals surface area contributed by atoms with Crippen LogP contribution in [0.3, 0.4) is 0 Å². The van der Waals surface area contributed by atoms with E-state index in [1.165, 1.54) is 25.5 Å². The molecule has 0 saturated carbocycles. The Labute approximate surface area is 361 Å². The lowest BCUT2D eigenvalue weighted by Crippen LogP contribution is -2.52. The number of hydrogen-bond acceptors (Lipinski definition) is 12. The number of hydrogen-bond donors (Lipinski definition) is 4. The molecule has 13 nitrogen and oxygen atoms in total. The van der Waals surface area contributed by atoms with Gasteiger partial charge in [0.05, 0.1) is 24.7 Å². The summed E-state index contributed by atoms with van der Waals surface area (Å²) in [6, 6.07) is 19.3. The Morgan fingerprint density at radius 3 is 2.50 bits per heavy atom. The van der Waals surface area contributed by atoms with Crippen LogP contribution in [-0.2, 0) is 20.7 Å². The van der Waals surface area contributed by atoms with Gasteiger partial charge in [-0.05, 0) is 99.7 Å². The molecule has 0 spiro atoms. The number of carbonyl (C=O) groups excluding carboxylic acids is 3. The van der Waals surface area contributed by atoms with Crippen LogP contribution in [0.1, 0.15) is 73.7 Å². The zero-order valence-electron chi connectivity index (χ0n) is 34.5. The molecule has 3 aliphatic heterocycles. The van der Waals surface area contributed by atoms with Crippen molar-refractivity contribution in [1.82, 2.24) is 25.5 Å². The van der Waals surface area contributed by atoms with Gasteiger partial charge < -0.3 is 35.1 Å². The number of thioether (sulfide) groups is 1. The summed E-state index contributed by atoms with van der Waals surface area (Å²) in [5.41, 5.74) is 4.20. The zero-order valence-corrected chi connectivity index (χ0v) is 36.9. The molecule has 3 amide bonds. The highest BCUT2D eigenvalue weighted by molar-refractivity contribution is 7.99. The van der Waals surface area contributed by atoms with Gasteiger partial charge in [-0.25, -0.2) is 4.98 Å². The van der Waals surface area contributed by atoms with Gasteiger partial charge in [0.25, 0.3) is 5.91 Å². The maximum absolute atomic E-state index is 13.1. The van der Waals surface area contributed by atoms with Crippen molar-refractivity contribution in [3.05, 3.63) is 83.0 Å². The summed E-state index contributed by atoms with van der Waals surface area (Å²) in [7, 11) is -0.887. The Morgan fingerprint density at radius 1 is 0.933 bits per heavy atom. The first kappa shape index (κ1) is 43.5. The number of carbonyl (C=O) groups is 3. The third-order valence-corrected chi connectivity index (χ3v) is 14.3. The Hall–Kier alpha value is -4.62. The molecule has 16 heteroatoms. The molecule has 0 bridgehead atoms. The van der Waals surface area contributed by atoms with E-state index in [9.17, 15) is 18.9 Å². The molecule has 1 aromatic heterocycles. The van der Waals surface area contributed by atoms with Crippen LogP contribution >= 0.6 is 30.5 Å². The number of ether oxygens (including phenoxy) is 1. The van der Waals surface area contributed by atoms with Crippen molar-refractivity contribution in [2.45, 2.75) is 81.3 Å². The topological polar surface area (TPSA) is 158 Å². The Kier molecular flexibility index (Phi) is 14.4.